The van der Waals surface area contributed by atoms with E-state index >= 15 is 0 Å². The van der Waals surface area contributed by atoms with Crippen LogP contribution >= 0.6 is 34.8 Å². The smallest absolute Gasteiger partial charge is 0.410 e. The molecule has 2 amide bonds. The molecule has 4 bridgehead atoms. The van der Waals surface area contributed by atoms with E-state index in [0.29, 0.717) is 75.4 Å². The van der Waals surface area contributed by atoms with Gasteiger partial charge in [-0.2, -0.15) is 15.3 Å². The standard InChI is InChI=1S/C26H30Cl2N6O3.C26H31ClN8O2/c1-14-24(34-15-7-6-8-16(34)12-33(11-15)25(36)37-26(2,3)4)30-23(28)21(29-14)22(35)17-9-10-19-18(20(17)27)13-32(5)31-19;1-14-24(35-15-7-6-8-16(35)12-34(11-15)25(36)37-26(2,3)4)29-23-22(28-14)21(30-31-23)17-9-10-19-18(20(17)27)13-33(5)32-19/h9-10,13,15-16H,6-8,11-12H2,1-5H3;9-10,13,15-16H,6-8,11-12H2,1-5H3,(H,29,30,31). The number of rotatable bonds is 5. The largest absolute Gasteiger partial charge is 0.444 e. The van der Waals surface area contributed by atoms with Gasteiger partial charge in [0.2, 0.25) is 11.4 Å². The van der Waals surface area contributed by atoms with Gasteiger partial charge in [-0.3, -0.25) is 19.3 Å². The summed E-state index contributed by atoms with van der Waals surface area (Å²) in [7, 11) is 3.67. The van der Waals surface area contributed by atoms with Crippen LogP contribution in [0.25, 0.3) is 44.2 Å². The lowest BCUT2D eigenvalue weighted by Gasteiger charge is -2.50. The summed E-state index contributed by atoms with van der Waals surface area (Å²) in [5, 5.41) is 18.9. The number of halogens is 3. The first-order valence-electron chi connectivity index (χ1n) is 25.1. The summed E-state index contributed by atoms with van der Waals surface area (Å²) < 4.78 is 14.7. The number of fused-ring (bicyclic) bond motifs is 7. The van der Waals surface area contributed by atoms with Gasteiger partial charge in [0.05, 0.1) is 38.2 Å². The Morgan fingerprint density at radius 1 is 0.635 bits per heavy atom. The topological polar surface area (TPSA) is 199 Å². The number of aromatic amines is 1. The lowest BCUT2D eigenvalue weighted by molar-refractivity contribution is 0.0145. The van der Waals surface area contributed by atoms with E-state index in [0.717, 1.165) is 72.2 Å². The number of benzene rings is 2. The van der Waals surface area contributed by atoms with Crippen LogP contribution in [0.2, 0.25) is 15.2 Å². The van der Waals surface area contributed by atoms with E-state index < -0.39 is 17.0 Å². The van der Waals surface area contributed by atoms with Crippen molar-refractivity contribution in [2.45, 2.75) is 129 Å². The van der Waals surface area contributed by atoms with Gasteiger partial charge in [-0.25, -0.2) is 29.5 Å². The van der Waals surface area contributed by atoms with Crippen molar-refractivity contribution < 1.29 is 23.9 Å². The lowest BCUT2D eigenvalue weighted by Crippen LogP contribution is -2.63. The highest BCUT2D eigenvalue weighted by atomic mass is 35.5. The number of H-pyrrole nitrogens is 1. The van der Waals surface area contributed by atoms with Crippen LogP contribution in [0.3, 0.4) is 0 Å². The number of carbonyl (C=O) groups is 3. The van der Waals surface area contributed by atoms with E-state index in [1.807, 2.05) is 85.7 Å². The number of ether oxygens (including phenoxy) is 2. The Labute approximate surface area is 443 Å². The molecule has 2 aromatic carbocycles. The highest BCUT2D eigenvalue weighted by Crippen LogP contribution is 2.40. The van der Waals surface area contributed by atoms with E-state index in [1.54, 1.807) is 39.6 Å². The molecule has 7 aromatic rings. The first-order valence-corrected chi connectivity index (χ1v) is 26.2. The lowest BCUT2D eigenvalue weighted by atomic mass is 9.91. The van der Waals surface area contributed by atoms with E-state index in [-0.39, 0.29) is 47.2 Å². The van der Waals surface area contributed by atoms with Gasteiger partial charge in [0, 0.05) is 98.7 Å². The number of aromatic nitrogens is 10. The van der Waals surface area contributed by atoms with Crippen LogP contribution < -0.4 is 9.80 Å². The Kier molecular flexibility index (Phi) is 13.4. The minimum atomic E-state index is -0.550. The second-order valence-electron chi connectivity index (χ2n) is 21.9. The third-order valence-corrected chi connectivity index (χ3v) is 15.1. The van der Waals surface area contributed by atoms with Crippen molar-refractivity contribution in [3.63, 3.8) is 0 Å². The van der Waals surface area contributed by atoms with Crippen molar-refractivity contribution >= 4 is 97.4 Å². The number of piperidine rings is 2. The number of nitrogens with zero attached hydrogens (tertiary/aromatic N) is 13. The van der Waals surface area contributed by atoms with Crippen molar-refractivity contribution in [2.75, 3.05) is 36.0 Å². The molecule has 0 aliphatic carbocycles. The summed E-state index contributed by atoms with van der Waals surface area (Å²) in [5.41, 5.74) is 5.05. The molecule has 4 fully saturated rings. The zero-order valence-electron chi connectivity index (χ0n) is 43.3. The number of piperazine rings is 2. The molecule has 22 heteroatoms. The molecule has 390 valence electrons. The van der Waals surface area contributed by atoms with Crippen molar-refractivity contribution in [3.8, 4) is 11.3 Å². The number of hydrogen-bond donors (Lipinski definition) is 1. The van der Waals surface area contributed by atoms with E-state index in [9.17, 15) is 14.4 Å². The molecule has 5 aromatic heterocycles. The average Bonchev–Trinajstić information content (AvgIpc) is 4.03. The zero-order valence-corrected chi connectivity index (χ0v) is 45.6. The van der Waals surface area contributed by atoms with Gasteiger partial charge < -0.3 is 29.1 Å². The molecule has 1 N–H and O–H groups in total. The molecule has 0 spiro atoms. The van der Waals surface area contributed by atoms with Crippen LogP contribution in [0.15, 0.2) is 36.7 Å². The fourth-order valence-corrected chi connectivity index (χ4v) is 11.7. The first kappa shape index (κ1) is 51.2. The summed E-state index contributed by atoms with van der Waals surface area (Å²) in [6.07, 6.45) is 9.13. The number of likely N-dealkylation sites (tertiary alicyclic amines) is 2. The summed E-state index contributed by atoms with van der Waals surface area (Å²) in [5.74, 6) is 1.09. The van der Waals surface area contributed by atoms with Crippen molar-refractivity contribution in [3.05, 3.63) is 74.5 Å². The summed E-state index contributed by atoms with van der Waals surface area (Å²) in [6.45, 7) is 17.4. The zero-order chi connectivity index (χ0) is 52.7. The number of amides is 2. The van der Waals surface area contributed by atoms with Gasteiger partial charge in [0.25, 0.3) is 0 Å². The van der Waals surface area contributed by atoms with Crippen LogP contribution in [0, 0.1) is 13.8 Å². The van der Waals surface area contributed by atoms with Crippen LogP contribution in [0.5, 0.6) is 0 Å². The van der Waals surface area contributed by atoms with Crippen LogP contribution in [0.1, 0.15) is 108 Å². The van der Waals surface area contributed by atoms with Crippen LogP contribution in [-0.4, -0.2) is 139 Å². The number of nitrogens with one attached hydrogen (secondary N) is 1. The van der Waals surface area contributed by atoms with Gasteiger partial charge in [-0.05, 0) is 118 Å². The van der Waals surface area contributed by atoms with Gasteiger partial charge in [0.1, 0.15) is 22.4 Å². The second kappa shape index (κ2) is 19.4. The quantitative estimate of drug-likeness (QED) is 0.160. The van der Waals surface area contributed by atoms with Crippen LogP contribution in [0.4, 0.5) is 21.2 Å². The Balaban J connectivity index is 0.000000169. The number of hydrogen-bond acceptors (Lipinski definition) is 14. The molecule has 19 nitrogen and oxygen atoms in total. The van der Waals surface area contributed by atoms with E-state index in [2.05, 4.69) is 40.2 Å². The fraction of sp³-hybridized carbons (Fsp3) is 0.500. The Morgan fingerprint density at radius 2 is 1.11 bits per heavy atom. The maximum Gasteiger partial charge on any atom is 0.410 e. The average molecular weight is 1070 g/mol. The molecular weight excluding hydrogens is 1010 g/mol. The first-order chi connectivity index (χ1) is 35.0. The predicted octanol–water partition coefficient (Wildman–Crippen LogP) is 10.0. The predicted molar refractivity (Wildman–Crippen MR) is 286 cm³/mol. The third-order valence-electron chi connectivity index (χ3n) is 14.0. The van der Waals surface area contributed by atoms with Crippen molar-refractivity contribution in [1.29, 1.82) is 0 Å². The van der Waals surface area contributed by atoms with E-state index in [4.69, 9.17) is 54.2 Å². The summed E-state index contributed by atoms with van der Waals surface area (Å²) in [6, 6.07) is 7.72. The molecule has 4 atom stereocenters. The minimum absolute atomic E-state index is 0.0283. The Bertz CT molecular complexity index is 3330. The number of ketones is 1. The summed E-state index contributed by atoms with van der Waals surface area (Å²) in [4.78, 5) is 66.4. The highest BCUT2D eigenvalue weighted by Gasteiger charge is 2.44. The number of aryl methyl sites for hydroxylation is 4. The fourth-order valence-electron chi connectivity index (χ4n) is 10.9. The maximum absolute atomic E-state index is 13.4. The van der Waals surface area contributed by atoms with Crippen LogP contribution in [-0.2, 0) is 23.6 Å². The molecule has 4 saturated heterocycles. The van der Waals surface area contributed by atoms with Gasteiger partial charge in [0.15, 0.2) is 16.8 Å². The van der Waals surface area contributed by atoms with Gasteiger partial charge in [-0.1, -0.05) is 34.8 Å². The summed E-state index contributed by atoms with van der Waals surface area (Å²) >= 11 is 19.9. The molecule has 74 heavy (non-hydrogen) atoms. The SMILES string of the molecule is Cc1nc(C(=O)c2ccc3nn(C)cc3c2Cl)c(Cl)nc1N1C2CCCC1CN(C(=O)OC(C)(C)C)C2.Cc1nc2c(-c3ccc4nn(C)cc4c3Cl)[nH]nc2nc1N1C2CCCC1CN(C(=O)OC(C)(C)C)C2. The highest BCUT2D eigenvalue weighted by molar-refractivity contribution is 6.40. The molecular formula is C52H61Cl3N14O5. The molecule has 11 rings (SSSR count). The van der Waals surface area contributed by atoms with Gasteiger partial charge in [-0.15, -0.1) is 0 Å². The second-order valence-corrected chi connectivity index (χ2v) is 23.0. The van der Waals surface area contributed by atoms with Gasteiger partial charge >= 0.3 is 12.2 Å². The van der Waals surface area contributed by atoms with Crippen molar-refractivity contribution in [1.82, 2.24) is 59.5 Å². The minimum Gasteiger partial charge on any atom is -0.444 e. The number of anilines is 2. The molecule has 9 heterocycles. The monoisotopic (exact) mass is 1070 g/mol. The molecule has 0 saturated carbocycles. The normalized spacial score (nSPS) is 20.0. The molecule has 0 radical (unpaired) electrons. The Hall–Kier alpha value is -6.31. The molecule has 4 aliphatic heterocycles. The van der Waals surface area contributed by atoms with Crippen molar-refractivity contribution in [2.24, 2.45) is 14.1 Å². The molecule has 4 aliphatic rings. The maximum atomic E-state index is 13.4. The van der Waals surface area contributed by atoms with E-state index in [1.165, 1.54) is 0 Å². The Morgan fingerprint density at radius 3 is 1.62 bits per heavy atom. The molecule has 4 unspecified atom stereocenters. The number of carbonyl (C=O) groups excluding carboxylic acids is 3. The third kappa shape index (κ3) is 9.89.